The highest BCUT2D eigenvalue weighted by atomic mass is 35.5. The molecular formula is C20H21ClF3N3O2. The molecule has 1 fully saturated rings. The van der Waals surface area contributed by atoms with Crippen LogP contribution in [0.1, 0.15) is 36.8 Å². The van der Waals surface area contributed by atoms with Crippen molar-refractivity contribution in [2.75, 3.05) is 5.32 Å². The molecule has 1 heterocycles. The monoisotopic (exact) mass is 427 g/mol. The Kier molecular flexibility index (Phi) is 6.97. The number of nitrogens with zero attached hydrogens (tertiary/aromatic N) is 1. The second-order valence-electron chi connectivity index (χ2n) is 6.93. The Morgan fingerprint density at radius 3 is 2.48 bits per heavy atom. The van der Waals surface area contributed by atoms with Crippen LogP contribution < -0.4 is 10.6 Å². The fraction of sp³-hybridized carbons (Fsp3) is 0.400. The highest BCUT2D eigenvalue weighted by Gasteiger charge is 2.31. The van der Waals surface area contributed by atoms with Gasteiger partial charge in [-0.2, -0.15) is 13.2 Å². The number of urea groups is 1. The topological polar surface area (TPSA) is 63.2 Å². The third-order valence-corrected chi connectivity index (χ3v) is 5.12. The zero-order chi connectivity index (χ0) is 20.9. The van der Waals surface area contributed by atoms with Crippen LogP contribution in [-0.2, 0) is 17.5 Å². The lowest BCUT2D eigenvalue weighted by Gasteiger charge is -2.29. The summed E-state index contributed by atoms with van der Waals surface area (Å²) in [7, 11) is 0. The molecule has 1 aromatic carbocycles. The van der Waals surface area contributed by atoms with Gasteiger partial charge in [0.05, 0.1) is 29.0 Å². The molecule has 1 aliphatic rings. The summed E-state index contributed by atoms with van der Waals surface area (Å²) in [5, 5.41) is 5.24. The van der Waals surface area contributed by atoms with Crippen LogP contribution in [0.15, 0.2) is 42.7 Å². The summed E-state index contributed by atoms with van der Waals surface area (Å²) in [6.45, 7) is 0.514. The second-order valence-corrected chi connectivity index (χ2v) is 7.34. The fourth-order valence-corrected chi connectivity index (χ4v) is 3.37. The lowest BCUT2D eigenvalue weighted by atomic mass is 9.93. The maximum atomic E-state index is 12.8. The summed E-state index contributed by atoms with van der Waals surface area (Å²) < 4.78 is 44.4. The smallest absolute Gasteiger partial charge is 0.374 e. The molecule has 29 heavy (non-hydrogen) atoms. The predicted molar refractivity (Wildman–Crippen MR) is 104 cm³/mol. The largest absolute Gasteiger partial charge is 0.416 e. The first-order valence-electron chi connectivity index (χ1n) is 9.26. The number of anilines is 1. The molecule has 0 spiro atoms. The quantitative estimate of drug-likeness (QED) is 0.671. The van der Waals surface area contributed by atoms with Crippen LogP contribution in [0.5, 0.6) is 0 Å². The molecule has 5 nitrogen and oxygen atoms in total. The second kappa shape index (κ2) is 9.45. The van der Waals surface area contributed by atoms with E-state index in [-0.39, 0.29) is 22.9 Å². The molecule has 0 radical (unpaired) electrons. The molecule has 0 saturated heterocycles. The van der Waals surface area contributed by atoms with E-state index in [4.69, 9.17) is 16.3 Å². The van der Waals surface area contributed by atoms with Gasteiger partial charge in [0.25, 0.3) is 0 Å². The third-order valence-electron chi connectivity index (χ3n) is 4.79. The van der Waals surface area contributed by atoms with Gasteiger partial charge in [0, 0.05) is 18.4 Å². The Labute approximate surface area is 171 Å². The molecule has 0 bridgehead atoms. The van der Waals surface area contributed by atoms with E-state index in [1.54, 1.807) is 12.4 Å². The fourth-order valence-electron chi connectivity index (χ4n) is 3.21. The number of hydrogen-bond donors (Lipinski definition) is 2. The zero-order valence-electron chi connectivity index (χ0n) is 15.5. The van der Waals surface area contributed by atoms with Crippen LogP contribution in [-0.4, -0.2) is 23.2 Å². The van der Waals surface area contributed by atoms with Crippen molar-refractivity contribution in [2.24, 2.45) is 0 Å². The van der Waals surface area contributed by atoms with E-state index in [9.17, 15) is 18.0 Å². The Morgan fingerprint density at radius 2 is 1.83 bits per heavy atom. The van der Waals surface area contributed by atoms with Gasteiger partial charge < -0.3 is 15.4 Å². The number of rotatable bonds is 5. The number of benzene rings is 1. The average Bonchev–Trinajstić information content (AvgIpc) is 2.69. The van der Waals surface area contributed by atoms with E-state index >= 15 is 0 Å². The lowest BCUT2D eigenvalue weighted by Crippen LogP contribution is -2.41. The lowest BCUT2D eigenvalue weighted by molar-refractivity contribution is -0.137. The van der Waals surface area contributed by atoms with Crippen LogP contribution in [0.25, 0.3) is 0 Å². The van der Waals surface area contributed by atoms with Crippen molar-refractivity contribution in [3.8, 4) is 0 Å². The van der Waals surface area contributed by atoms with E-state index in [2.05, 4.69) is 15.6 Å². The van der Waals surface area contributed by atoms with E-state index in [1.165, 1.54) is 0 Å². The van der Waals surface area contributed by atoms with Gasteiger partial charge >= 0.3 is 12.2 Å². The van der Waals surface area contributed by atoms with Crippen molar-refractivity contribution in [1.82, 2.24) is 10.3 Å². The van der Waals surface area contributed by atoms with Crippen LogP contribution in [0.2, 0.25) is 5.02 Å². The van der Waals surface area contributed by atoms with E-state index in [0.717, 1.165) is 49.4 Å². The predicted octanol–water partition coefficient (Wildman–Crippen LogP) is 5.40. The number of hydrogen-bond acceptors (Lipinski definition) is 3. The first-order chi connectivity index (χ1) is 13.8. The molecule has 2 aromatic rings. The minimum Gasteiger partial charge on any atom is -0.374 e. The number of ether oxygens (including phenoxy) is 1. The van der Waals surface area contributed by atoms with Crippen molar-refractivity contribution in [3.05, 3.63) is 58.9 Å². The SMILES string of the molecule is O=C(Nc1cc(C(F)(F)F)ccc1Cl)N[C@H]1CC[C@H](OCc2ccncc2)CC1. The van der Waals surface area contributed by atoms with Crippen molar-refractivity contribution < 1.29 is 22.7 Å². The number of halogens is 4. The normalized spacial score (nSPS) is 19.6. The molecule has 0 atom stereocenters. The molecular weight excluding hydrogens is 407 g/mol. The first-order valence-corrected chi connectivity index (χ1v) is 9.64. The molecule has 0 aliphatic heterocycles. The number of alkyl halides is 3. The Bertz CT molecular complexity index is 825. The first kappa shape index (κ1) is 21.4. The molecule has 1 aliphatic carbocycles. The van der Waals surface area contributed by atoms with Gasteiger partial charge in [-0.05, 0) is 61.6 Å². The molecule has 156 valence electrons. The number of nitrogens with one attached hydrogen (secondary N) is 2. The Morgan fingerprint density at radius 1 is 1.14 bits per heavy atom. The van der Waals surface area contributed by atoms with Gasteiger partial charge in [-0.15, -0.1) is 0 Å². The number of aromatic nitrogens is 1. The van der Waals surface area contributed by atoms with Gasteiger partial charge in [0.15, 0.2) is 0 Å². The van der Waals surface area contributed by atoms with Crippen LogP contribution in [0.4, 0.5) is 23.7 Å². The number of pyridine rings is 1. The minimum atomic E-state index is -4.51. The summed E-state index contributed by atoms with van der Waals surface area (Å²) in [6, 6.07) is 5.97. The van der Waals surface area contributed by atoms with Crippen LogP contribution in [0.3, 0.4) is 0 Å². The number of amides is 2. The summed E-state index contributed by atoms with van der Waals surface area (Å²) in [4.78, 5) is 16.2. The van der Waals surface area contributed by atoms with Crippen molar-refractivity contribution in [2.45, 2.75) is 50.6 Å². The van der Waals surface area contributed by atoms with E-state index in [1.807, 2.05) is 12.1 Å². The van der Waals surface area contributed by atoms with Gasteiger partial charge in [-0.1, -0.05) is 11.6 Å². The van der Waals surface area contributed by atoms with Gasteiger partial charge in [-0.25, -0.2) is 4.79 Å². The molecule has 0 unspecified atom stereocenters. The highest BCUT2D eigenvalue weighted by molar-refractivity contribution is 6.33. The zero-order valence-corrected chi connectivity index (χ0v) is 16.3. The van der Waals surface area contributed by atoms with Crippen LogP contribution in [0, 0.1) is 0 Å². The van der Waals surface area contributed by atoms with E-state index < -0.39 is 17.8 Å². The molecule has 3 rings (SSSR count). The number of carbonyl (C=O) groups is 1. The summed E-state index contributed by atoms with van der Waals surface area (Å²) >= 11 is 5.91. The molecule has 2 amide bonds. The summed E-state index contributed by atoms with van der Waals surface area (Å²) in [5.74, 6) is 0. The maximum absolute atomic E-state index is 12.8. The highest BCUT2D eigenvalue weighted by Crippen LogP contribution is 2.33. The van der Waals surface area contributed by atoms with Crippen LogP contribution >= 0.6 is 11.6 Å². The van der Waals surface area contributed by atoms with Gasteiger partial charge in [-0.3, -0.25) is 4.98 Å². The molecule has 1 saturated carbocycles. The molecule has 1 aromatic heterocycles. The van der Waals surface area contributed by atoms with Crippen molar-refractivity contribution in [3.63, 3.8) is 0 Å². The average molecular weight is 428 g/mol. The van der Waals surface area contributed by atoms with Crippen molar-refractivity contribution in [1.29, 1.82) is 0 Å². The standard InChI is InChI=1S/C20H21ClF3N3O2/c21-17-6-1-14(20(22,23)24)11-18(17)27-19(28)26-15-2-4-16(5-3-15)29-12-13-7-9-25-10-8-13/h1,6-11,15-16H,2-5,12H2,(H2,26,27,28)/t15-,16-. The summed E-state index contributed by atoms with van der Waals surface area (Å²) in [5.41, 5.74) is 0.106. The molecule has 9 heteroatoms. The molecule has 2 N–H and O–H groups in total. The van der Waals surface area contributed by atoms with E-state index in [0.29, 0.717) is 6.61 Å². The van der Waals surface area contributed by atoms with Gasteiger partial charge in [0.1, 0.15) is 0 Å². The third kappa shape index (κ3) is 6.33. The Balaban J connectivity index is 1.45. The van der Waals surface area contributed by atoms with Crippen molar-refractivity contribution >= 4 is 23.3 Å². The van der Waals surface area contributed by atoms with Gasteiger partial charge in [0.2, 0.25) is 0 Å². The number of carbonyl (C=O) groups excluding carboxylic acids is 1. The maximum Gasteiger partial charge on any atom is 0.416 e. The summed E-state index contributed by atoms with van der Waals surface area (Å²) in [6.07, 6.45) is 2.08. The minimum absolute atomic E-state index is 0.0429. The Hall–Kier alpha value is -2.32.